The third kappa shape index (κ3) is 3.97. The lowest BCUT2D eigenvalue weighted by Gasteiger charge is -2.34. The molecule has 1 heterocycles. The highest BCUT2D eigenvalue weighted by Gasteiger charge is 2.30. The molecular formula is C15H20ClN3O3S. The molecule has 0 spiro atoms. The molecular weight excluding hydrogens is 338 g/mol. The molecule has 0 unspecified atom stereocenters. The van der Waals surface area contributed by atoms with Gasteiger partial charge in [0.2, 0.25) is 10.0 Å². The van der Waals surface area contributed by atoms with E-state index in [1.54, 1.807) is 17.0 Å². The predicted octanol–water partition coefficient (Wildman–Crippen LogP) is 1.77. The first-order chi connectivity index (χ1) is 11.0. The smallest absolute Gasteiger partial charge is 0.317 e. The molecule has 1 aliphatic carbocycles. The van der Waals surface area contributed by atoms with Gasteiger partial charge in [-0.1, -0.05) is 17.7 Å². The molecule has 3 rings (SSSR count). The van der Waals surface area contributed by atoms with Crippen LogP contribution in [-0.2, 0) is 10.0 Å². The van der Waals surface area contributed by atoms with Gasteiger partial charge in [-0.2, -0.15) is 4.31 Å². The van der Waals surface area contributed by atoms with Gasteiger partial charge in [0, 0.05) is 37.7 Å². The second-order valence-corrected chi connectivity index (χ2v) is 8.35. The van der Waals surface area contributed by atoms with Crippen molar-refractivity contribution in [3.8, 4) is 0 Å². The van der Waals surface area contributed by atoms with Gasteiger partial charge in [0.15, 0.2) is 0 Å². The van der Waals surface area contributed by atoms with Gasteiger partial charge in [-0.3, -0.25) is 0 Å². The van der Waals surface area contributed by atoms with Crippen molar-refractivity contribution in [3.63, 3.8) is 0 Å². The van der Waals surface area contributed by atoms with Crippen LogP contribution in [0.3, 0.4) is 0 Å². The zero-order valence-corrected chi connectivity index (χ0v) is 14.3. The molecule has 2 fully saturated rings. The van der Waals surface area contributed by atoms with Crippen molar-refractivity contribution in [1.29, 1.82) is 0 Å². The Morgan fingerprint density at radius 1 is 1.22 bits per heavy atom. The van der Waals surface area contributed by atoms with E-state index in [4.69, 9.17) is 11.6 Å². The number of urea groups is 1. The number of rotatable bonds is 4. The first-order valence-electron chi connectivity index (χ1n) is 7.75. The summed E-state index contributed by atoms with van der Waals surface area (Å²) in [7, 11) is -3.56. The van der Waals surface area contributed by atoms with E-state index in [0.717, 1.165) is 6.54 Å². The normalized spacial score (nSPS) is 19.6. The number of amides is 2. The van der Waals surface area contributed by atoms with E-state index in [-0.39, 0.29) is 10.9 Å². The molecule has 1 saturated carbocycles. The first-order valence-corrected chi connectivity index (χ1v) is 9.57. The second-order valence-electron chi connectivity index (χ2n) is 5.98. The maximum Gasteiger partial charge on any atom is 0.317 e. The number of piperazine rings is 1. The SMILES string of the molecule is O=C(NCC1CC1)N1CCN(S(=O)(=O)c2cccc(Cl)c2)CC1. The number of nitrogens with one attached hydrogen (secondary N) is 1. The van der Waals surface area contributed by atoms with Crippen molar-refractivity contribution in [2.75, 3.05) is 32.7 Å². The molecule has 126 valence electrons. The van der Waals surface area contributed by atoms with Crippen LogP contribution < -0.4 is 5.32 Å². The van der Waals surface area contributed by atoms with Crippen molar-refractivity contribution in [2.24, 2.45) is 5.92 Å². The Morgan fingerprint density at radius 2 is 1.91 bits per heavy atom. The third-order valence-electron chi connectivity index (χ3n) is 4.20. The van der Waals surface area contributed by atoms with Crippen LogP contribution in [0.4, 0.5) is 4.79 Å². The van der Waals surface area contributed by atoms with Gasteiger partial charge >= 0.3 is 6.03 Å². The van der Waals surface area contributed by atoms with Crippen LogP contribution in [0.15, 0.2) is 29.2 Å². The minimum Gasteiger partial charge on any atom is -0.338 e. The Labute approximate surface area is 141 Å². The van der Waals surface area contributed by atoms with E-state index in [0.29, 0.717) is 37.1 Å². The van der Waals surface area contributed by atoms with Crippen LogP contribution in [0, 0.1) is 5.92 Å². The Kier molecular flexibility index (Phi) is 4.79. The van der Waals surface area contributed by atoms with E-state index >= 15 is 0 Å². The molecule has 0 bridgehead atoms. The van der Waals surface area contributed by atoms with Gasteiger partial charge in [-0.15, -0.1) is 0 Å². The molecule has 23 heavy (non-hydrogen) atoms. The van der Waals surface area contributed by atoms with Crippen molar-refractivity contribution in [2.45, 2.75) is 17.7 Å². The monoisotopic (exact) mass is 357 g/mol. The number of hydrogen-bond donors (Lipinski definition) is 1. The summed E-state index contributed by atoms with van der Waals surface area (Å²) < 4.78 is 26.6. The molecule has 1 aromatic carbocycles. The lowest BCUT2D eigenvalue weighted by molar-refractivity contribution is 0.172. The van der Waals surface area contributed by atoms with Crippen LogP contribution in [0.25, 0.3) is 0 Å². The van der Waals surface area contributed by atoms with Crippen molar-refractivity contribution in [1.82, 2.24) is 14.5 Å². The lowest BCUT2D eigenvalue weighted by Crippen LogP contribution is -2.53. The largest absolute Gasteiger partial charge is 0.338 e. The number of halogens is 1. The van der Waals surface area contributed by atoms with Gasteiger partial charge in [-0.25, -0.2) is 13.2 Å². The number of benzene rings is 1. The highest BCUT2D eigenvalue weighted by atomic mass is 35.5. The molecule has 1 aromatic rings. The van der Waals surface area contributed by atoms with E-state index in [9.17, 15) is 13.2 Å². The molecule has 2 amide bonds. The van der Waals surface area contributed by atoms with Gasteiger partial charge in [0.25, 0.3) is 0 Å². The summed E-state index contributed by atoms with van der Waals surface area (Å²) in [5.41, 5.74) is 0. The summed E-state index contributed by atoms with van der Waals surface area (Å²) in [6, 6.07) is 6.15. The van der Waals surface area contributed by atoms with Crippen molar-refractivity contribution in [3.05, 3.63) is 29.3 Å². The standard InChI is InChI=1S/C15H20ClN3O3S/c16-13-2-1-3-14(10-13)23(21,22)19-8-6-18(7-9-19)15(20)17-11-12-4-5-12/h1-3,10,12H,4-9,11H2,(H,17,20). The van der Waals surface area contributed by atoms with Crippen molar-refractivity contribution < 1.29 is 13.2 Å². The fourth-order valence-electron chi connectivity index (χ4n) is 2.57. The minimum atomic E-state index is -3.56. The summed E-state index contributed by atoms with van der Waals surface area (Å²) in [6.07, 6.45) is 2.37. The number of carbonyl (C=O) groups excluding carboxylic acids is 1. The molecule has 0 atom stereocenters. The molecule has 8 heteroatoms. The number of carbonyl (C=O) groups is 1. The Morgan fingerprint density at radius 3 is 2.52 bits per heavy atom. The highest BCUT2D eigenvalue weighted by Crippen LogP contribution is 2.27. The van der Waals surface area contributed by atoms with Gasteiger partial charge in [0.1, 0.15) is 0 Å². The third-order valence-corrected chi connectivity index (χ3v) is 6.33. The summed E-state index contributed by atoms with van der Waals surface area (Å²) in [5, 5.41) is 3.30. The van der Waals surface area contributed by atoms with E-state index < -0.39 is 10.0 Å². The molecule has 1 saturated heterocycles. The van der Waals surface area contributed by atoms with Crippen LogP contribution >= 0.6 is 11.6 Å². The van der Waals surface area contributed by atoms with Gasteiger partial charge in [-0.05, 0) is 37.0 Å². The molecule has 0 aromatic heterocycles. The first kappa shape index (κ1) is 16.5. The zero-order chi connectivity index (χ0) is 16.4. The van der Waals surface area contributed by atoms with E-state index in [2.05, 4.69) is 5.32 Å². The van der Waals surface area contributed by atoms with Crippen LogP contribution in [-0.4, -0.2) is 56.4 Å². The summed E-state index contributed by atoms with van der Waals surface area (Å²) in [5.74, 6) is 0.628. The molecule has 6 nitrogen and oxygen atoms in total. The summed E-state index contributed by atoms with van der Waals surface area (Å²) >= 11 is 5.88. The molecule has 1 N–H and O–H groups in total. The number of nitrogens with zero attached hydrogens (tertiary/aromatic N) is 2. The zero-order valence-electron chi connectivity index (χ0n) is 12.7. The van der Waals surface area contributed by atoms with E-state index in [1.165, 1.54) is 29.3 Å². The molecule has 1 aliphatic heterocycles. The van der Waals surface area contributed by atoms with Gasteiger partial charge < -0.3 is 10.2 Å². The fourth-order valence-corrected chi connectivity index (χ4v) is 4.30. The van der Waals surface area contributed by atoms with Crippen LogP contribution in [0.2, 0.25) is 5.02 Å². The quantitative estimate of drug-likeness (QED) is 0.892. The van der Waals surface area contributed by atoms with Crippen molar-refractivity contribution >= 4 is 27.7 Å². The summed E-state index contributed by atoms with van der Waals surface area (Å²) in [6.45, 7) is 2.11. The average Bonchev–Trinajstić information content (AvgIpc) is 3.37. The maximum absolute atomic E-state index is 12.6. The number of hydrogen-bond acceptors (Lipinski definition) is 3. The van der Waals surface area contributed by atoms with E-state index in [1.807, 2.05) is 0 Å². The Balaban J connectivity index is 1.58. The van der Waals surface area contributed by atoms with Gasteiger partial charge in [0.05, 0.1) is 4.90 Å². The Hall–Kier alpha value is -1.31. The molecule has 2 aliphatic rings. The Bertz CT molecular complexity index is 683. The predicted molar refractivity (Wildman–Crippen MR) is 87.9 cm³/mol. The minimum absolute atomic E-state index is 0.100. The fraction of sp³-hybridized carbons (Fsp3) is 0.533. The average molecular weight is 358 g/mol. The summed E-state index contributed by atoms with van der Waals surface area (Å²) in [4.78, 5) is 13.9. The topological polar surface area (TPSA) is 69.7 Å². The number of sulfonamides is 1. The van der Waals surface area contributed by atoms with Crippen LogP contribution in [0.1, 0.15) is 12.8 Å². The molecule has 0 radical (unpaired) electrons. The second kappa shape index (κ2) is 6.67. The highest BCUT2D eigenvalue weighted by molar-refractivity contribution is 7.89. The maximum atomic E-state index is 12.6. The lowest BCUT2D eigenvalue weighted by atomic mass is 10.4. The van der Waals surface area contributed by atoms with Crippen LogP contribution in [0.5, 0.6) is 0 Å².